The Kier molecular flexibility index (Phi) is 18.1. The highest BCUT2D eigenvalue weighted by molar-refractivity contribution is 7.52. The van der Waals surface area contributed by atoms with Gasteiger partial charge in [-0.3, -0.25) is 48.2 Å². The van der Waals surface area contributed by atoms with E-state index in [1.807, 2.05) is 66.7 Å². The smallest absolute Gasteiger partial charge is 0.370 e. The summed E-state index contributed by atoms with van der Waals surface area (Å²) in [6.45, 7) is 1.28. The number of benzene rings is 4. The standard InChI is InChI=1S/C59H64F2N9O11P/c60-59(61,82(79,80)81)40-21-23-44-39(32-40)33-46(63-44)54(74)65-47-35-68(30-12-4-2-1-3-7-14-36-19-13-20-42-43(36)34-69(57(42)77)48-26-28-51(72)66-55(48)75)31-29-41-22-25-49(70(41)58(47)78)56(76)64-45(24-27-50(62)71)53(73)67-52(37-15-8-5-9-16-37)38-17-10-6-11-18-38/h5-6,8-11,13,15-21,23,32-33,41,45,47-49,52,63H,1-4,12,22,24-31,34-35H2,(H2,62,71)(H,64,76)(H,65,74)(H,67,73)(H,66,72,75)(H2,79,80,81)/t41-,45?,47+,48?,49+/m1/s1. The van der Waals surface area contributed by atoms with Crippen LogP contribution in [0, 0.1) is 11.8 Å². The van der Waals surface area contributed by atoms with Gasteiger partial charge in [-0.1, -0.05) is 97.5 Å². The molecule has 0 spiro atoms. The number of piperidine rings is 1. The van der Waals surface area contributed by atoms with Crippen LogP contribution in [0.25, 0.3) is 10.9 Å². The van der Waals surface area contributed by atoms with Gasteiger partial charge >= 0.3 is 13.3 Å². The van der Waals surface area contributed by atoms with Crippen molar-refractivity contribution in [1.82, 2.24) is 41.0 Å². The van der Waals surface area contributed by atoms with Crippen molar-refractivity contribution >= 4 is 65.8 Å². The minimum Gasteiger partial charge on any atom is -0.370 e. The maximum absolute atomic E-state index is 15.0. The zero-order valence-corrected chi connectivity index (χ0v) is 45.7. The number of hydrogen-bond donors (Lipinski definition) is 8. The van der Waals surface area contributed by atoms with Gasteiger partial charge in [-0.05, 0) is 98.5 Å². The maximum atomic E-state index is 15.0. The molecule has 0 aliphatic carbocycles. The predicted octanol–water partition coefficient (Wildman–Crippen LogP) is 4.98. The molecule has 0 bridgehead atoms. The molecule has 9 rings (SSSR count). The molecular weight excluding hydrogens is 1080 g/mol. The number of aromatic amines is 1. The SMILES string of the molecule is NC(=O)CCC(NC(=O)[C@@H]1CC[C@@H]2CCN(CCCCCCC#Cc3cccc4c3CN(C3CCC(=O)NC3=O)C4=O)C[C@H](NC(=O)c3cc4cc(C(F)(F)P(=O)(O)O)ccc4[nH]3)C(=O)N21)C(=O)NC(c1ccccc1)c1ccccc1. The van der Waals surface area contributed by atoms with Crippen molar-refractivity contribution in [3.05, 3.63) is 142 Å². The second kappa shape index (κ2) is 25.4. The molecule has 0 saturated carbocycles. The number of aromatic nitrogens is 1. The summed E-state index contributed by atoms with van der Waals surface area (Å²) in [4.78, 5) is 134. The third-order valence-electron chi connectivity index (χ3n) is 15.7. The van der Waals surface area contributed by atoms with Gasteiger partial charge in [0.2, 0.25) is 35.4 Å². The number of hydrogen-bond acceptors (Lipinski definition) is 10. The molecule has 82 heavy (non-hydrogen) atoms. The Morgan fingerprint density at radius 3 is 2.26 bits per heavy atom. The first-order chi connectivity index (χ1) is 39.3. The fourth-order valence-corrected chi connectivity index (χ4v) is 11.8. The summed E-state index contributed by atoms with van der Waals surface area (Å²) in [5.74, 6) is 2.05. The third-order valence-corrected chi connectivity index (χ3v) is 16.6. The summed E-state index contributed by atoms with van der Waals surface area (Å²) in [6.07, 6.45) is 4.87. The monoisotopic (exact) mass is 1140 g/mol. The molecule has 23 heteroatoms. The fourth-order valence-electron chi connectivity index (χ4n) is 11.3. The van der Waals surface area contributed by atoms with Crippen LogP contribution in [-0.4, -0.2) is 127 Å². The molecule has 4 aromatic carbocycles. The molecule has 9 N–H and O–H groups in total. The minimum absolute atomic E-state index is 0.0291. The Bertz CT molecular complexity index is 3340. The van der Waals surface area contributed by atoms with Crippen molar-refractivity contribution in [2.75, 3.05) is 19.6 Å². The van der Waals surface area contributed by atoms with E-state index in [-0.39, 0.29) is 73.6 Å². The van der Waals surface area contributed by atoms with Crippen molar-refractivity contribution in [2.24, 2.45) is 5.73 Å². The number of nitrogens with one attached hydrogen (secondary N) is 5. The second-order valence-electron chi connectivity index (χ2n) is 21.2. The van der Waals surface area contributed by atoms with Gasteiger partial charge in [-0.2, -0.15) is 8.78 Å². The van der Waals surface area contributed by atoms with E-state index in [4.69, 9.17) is 5.73 Å². The van der Waals surface area contributed by atoms with E-state index < -0.39 is 90.5 Å². The number of amides is 8. The molecule has 3 fully saturated rings. The summed E-state index contributed by atoms with van der Waals surface area (Å²) in [7, 11) is -5.90. The molecule has 430 valence electrons. The highest BCUT2D eigenvalue weighted by Gasteiger charge is 2.51. The first-order valence-corrected chi connectivity index (χ1v) is 29.0. The van der Waals surface area contributed by atoms with Gasteiger partial charge < -0.3 is 51.2 Å². The van der Waals surface area contributed by atoms with Crippen molar-refractivity contribution in [3.8, 4) is 11.8 Å². The van der Waals surface area contributed by atoms with E-state index in [0.717, 1.165) is 60.6 Å². The number of nitrogens with zero attached hydrogens (tertiary/aromatic N) is 3. The van der Waals surface area contributed by atoms with E-state index in [9.17, 15) is 56.7 Å². The van der Waals surface area contributed by atoms with Crippen molar-refractivity contribution in [2.45, 2.75) is 126 Å². The Morgan fingerprint density at radius 1 is 0.841 bits per heavy atom. The summed E-state index contributed by atoms with van der Waals surface area (Å²) in [5, 5.41) is 11.1. The van der Waals surface area contributed by atoms with Crippen molar-refractivity contribution in [3.63, 3.8) is 0 Å². The zero-order chi connectivity index (χ0) is 58.3. The van der Waals surface area contributed by atoms with E-state index in [1.165, 1.54) is 15.9 Å². The minimum atomic E-state index is -5.90. The molecule has 5 heterocycles. The number of carbonyl (C=O) groups is 8. The number of imide groups is 1. The number of carbonyl (C=O) groups excluding carboxylic acids is 8. The fraction of sp³-hybridized carbons (Fsp3) is 0.390. The Hall–Kier alpha value is -8.09. The topological polar surface area (TPSA) is 294 Å². The van der Waals surface area contributed by atoms with Gasteiger partial charge in [-0.25, -0.2) is 0 Å². The number of rotatable bonds is 20. The molecule has 0 radical (unpaired) electrons. The lowest BCUT2D eigenvalue weighted by molar-refractivity contribution is -0.144. The van der Waals surface area contributed by atoms with Crippen molar-refractivity contribution < 1.29 is 61.5 Å². The number of unbranched alkanes of at least 4 members (excludes halogenated alkanes) is 4. The lowest BCUT2D eigenvalue weighted by Crippen LogP contribution is -2.61. The lowest BCUT2D eigenvalue weighted by atomic mass is 9.98. The van der Waals surface area contributed by atoms with E-state index in [0.29, 0.717) is 43.5 Å². The molecule has 20 nitrogen and oxygen atoms in total. The average Bonchev–Trinajstić information content (AvgIpc) is 4.38. The Morgan fingerprint density at radius 2 is 1.56 bits per heavy atom. The van der Waals surface area contributed by atoms with Gasteiger partial charge in [0.05, 0.1) is 6.04 Å². The largest absolute Gasteiger partial charge is 0.399 e. The van der Waals surface area contributed by atoms with Gasteiger partial charge in [-0.15, -0.1) is 0 Å². The zero-order valence-electron chi connectivity index (χ0n) is 44.8. The molecule has 4 aliphatic rings. The molecule has 1 aromatic heterocycles. The summed E-state index contributed by atoms with van der Waals surface area (Å²) in [6, 6.07) is 22.5. The highest BCUT2D eigenvalue weighted by atomic mass is 31.2. The molecule has 5 atom stereocenters. The van der Waals surface area contributed by atoms with Crippen LogP contribution in [0.2, 0.25) is 0 Å². The Balaban J connectivity index is 0.874. The van der Waals surface area contributed by atoms with Crippen LogP contribution in [-0.2, 0) is 45.5 Å². The Labute approximate surface area is 471 Å². The van der Waals surface area contributed by atoms with Crippen LogP contribution in [0.15, 0.2) is 103 Å². The van der Waals surface area contributed by atoms with Crippen LogP contribution in [0.4, 0.5) is 8.78 Å². The van der Waals surface area contributed by atoms with Crippen LogP contribution in [0.5, 0.6) is 0 Å². The average molecular weight is 1140 g/mol. The first kappa shape index (κ1) is 58.6. The molecule has 5 aromatic rings. The van der Waals surface area contributed by atoms with Crippen LogP contribution >= 0.6 is 7.60 Å². The maximum Gasteiger partial charge on any atom is 0.399 e. The summed E-state index contributed by atoms with van der Waals surface area (Å²) in [5.41, 5.74) is 3.63. The van der Waals surface area contributed by atoms with Crippen LogP contribution < -0.4 is 27.0 Å². The highest BCUT2D eigenvalue weighted by Crippen LogP contribution is 2.59. The van der Waals surface area contributed by atoms with Crippen LogP contribution in [0.3, 0.4) is 0 Å². The predicted molar refractivity (Wildman–Crippen MR) is 296 cm³/mol. The van der Waals surface area contributed by atoms with E-state index in [2.05, 4.69) is 43.0 Å². The lowest BCUT2D eigenvalue weighted by Gasteiger charge is -2.39. The molecule has 8 amide bonds. The number of primary amides is 1. The molecule has 4 aliphatic heterocycles. The summed E-state index contributed by atoms with van der Waals surface area (Å²) < 4.78 is 41.1. The van der Waals surface area contributed by atoms with Crippen molar-refractivity contribution in [1.29, 1.82) is 0 Å². The number of halogens is 2. The van der Waals surface area contributed by atoms with Gasteiger partial charge in [0.1, 0.15) is 29.9 Å². The van der Waals surface area contributed by atoms with E-state index in [1.54, 1.807) is 12.1 Å². The number of alkyl halides is 2. The van der Waals surface area contributed by atoms with Gasteiger partial charge in [0, 0.05) is 72.5 Å². The number of fused-ring (bicyclic) bond motifs is 3. The second-order valence-corrected chi connectivity index (χ2v) is 22.9. The summed E-state index contributed by atoms with van der Waals surface area (Å²) >= 11 is 0. The molecule has 2 unspecified atom stereocenters. The quantitative estimate of drug-likeness (QED) is 0.0222. The first-order valence-electron chi connectivity index (χ1n) is 27.4. The molecular formula is C59H64F2N9O11P. The number of H-pyrrole nitrogens is 1. The molecule has 3 saturated heterocycles. The van der Waals surface area contributed by atoms with E-state index >= 15 is 4.79 Å². The third kappa shape index (κ3) is 13.3. The van der Waals surface area contributed by atoms with Crippen LogP contribution in [0.1, 0.15) is 132 Å². The van der Waals surface area contributed by atoms with Gasteiger partial charge in [0.25, 0.3) is 11.8 Å². The number of nitrogens with two attached hydrogens (primary N) is 1. The van der Waals surface area contributed by atoms with Gasteiger partial charge in [0.15, 0.2) is 0 Å². The normalized spacial score (nSPS) is 19.8.